The van der Waals surface area contributed by atoms with Crippen LogP contribution in [-0.4, -0.2) is 67.6 Å². The number of fused-ring (bicyclic) bond motifs is 1. The summed E-state index contributed by atoms with van der Waals surface area (Å²) in [7, 11) is 1.47. The first-order chi connectivity index (χ1) is 24.4. The highest BCUT2D eigenvalue weighted by Crippen LogP contribution is 2.57. The number of imidazole rings is 1. The van der Waals surface area contributed by atoms with Crippen LogP contribution < -0.4 is 5.48 Å². The molecule has 0 bridgehead atoms. The van der Waals surface area contributed by atoms with Gasteiger partial charge in [0, 0.05) is 6.42 Å². The molecule has 3 atom stereocenters. The van der Waals surface area contributed by atoms with Crippen LogP contribution in [0, 0.1) is 0 Å². The Morgan fingerprint density at radius 3 is 1.98 bits per heavy atom. The molecule has 7 rings (SSSR count). The van der Waals surface area contributed by atoms with Crippen LogP contribution in [0.3, 0.4) is 0 Å². The molecule has 0 spiro atoms. The van der Waals surface area contributed by atoms with Crippen LogP contribution >= 0.6 is 0 Å². The molecule has 252 valence electrons. The summed E-state index contributed by atoms with van der Waals surface area (Å²) in [5.41, 5.74) is 3.14. The van der Waals surface area contributed by atoms with Gasteiger partial charge >= 0.3 is 11.9 Å². The average Bonchev–Trinajstić information content (AvgIpc) is 3.75. The lowest BCUT2D eigenvalue weighted by molar-refractivity contribution is -0.143. The van der Waals surface area contributed by atoms with Gasteiger partial charge in [-0.2, -0.15) is 0 Å². The van der Waals surface area contributed by atoms with Crippen molar-refractivity contribution in [2.45, 2.75) is 29.8 Å². The van der Waals surface area contributed by atoms with Gasteiger partial charge in [-0.25, -0.2) is 30.0 Å². The van der Waals surface area contributed by atoms with E-state index in [0.29, 0.717) is 17.0 Å². The second-order valence-electron chi connectivity index (χ2n) is 11.8. The summed E-state index contributed by atoms with van der Waals surface area (Å²) in [6.45, 7) is -0.373. The van der Waals surface area contributed by atoms with E-state index in [2.05, 4.69) is 15.4 Å². The van der Waals surface area contributed by atoms with Gasteiger partial charge in [0.15, 0.2) is 22.7 Å². The predicted octanol–water partition coefficient (Wildman–Crippen LogP) is 5.19. The third-order valence-corrected chi connectivity index (χ3v) is 9.15. The second kappa shape index (κ2) is 13.5. The molecule has 1 saturated heterocycles. The Bertz CT molecular complexity index is 2030. The monoisotopic (exact) mass is 671 g/mol. The van der Waals surface area contributed by atoms with E-state index in [1.807, 2.05) is 95.6 Å². The van der Waals surface area contributed by atoms with Crippen LogP contribution in [0.25, 0.3) is 11.2 Å². The predicted molar refractivity (Wildman–Crippen MR) is 182 cm³/mol. The molecule has 2 aromatic heterocycles. The molecule has 50 heavy (non-hydrogen) atoms. The van der Waals surface area contributed by atoms with E-state index in [1.165, 1.54) is 31.6 Å². The average molecular weight is 672 g/mol. The van der Waals surface area contributed by atoms with Gasteiger partial charge in [-0.1, -0.05) is 103 Å². The summed E-state index contributed by atoms with van der Waals surface area (Å²) in [6.07, 6.45) is 0.775. The molecule has 12 heteroatoms. The molecular formula is C38H33N5O7. The number of carbonyl (C=O) groups excluding carboxylic acids is 1. The maximum Gasteiger partial charge on any atom is 0.339 e. The van der Waals surface area contributed by atoms with Crippen LogP contribution in [-0.2, 0) is 25.5 Å². The Morgan fingerprint density at radius 2 is 1.42 bits per heavy atom. The number of rotatable bonds is 11. The smallest absolute Gasteiger partial charge is 0.339 e. The molecule has 12 nitrogen and oxygen atoms in total. The fourth-order valence-corrected chi connectivity index (χ4v) is 7.11. The highest BCUT2D eigenvalue weighted by Gasteiger charge is 2.63. The largest absolute Gasteiger partial charge is 0.478 e. The number of anilines is 1. The highest BCUT2D eigenvalue weighted by atomic mass is 16.6. The van der Waals surface area contributed by atoms with Crippen LogP contribution in [0.2, 0.25) is 0 Å². The Hall–Kier alpha value is -5.95. The first kappa shape index (κ1) is 32.6. The van der Waals surface area contributed by atoms with Gasteiger partial charge in [-0.15, -0.1) is 0 Å². The number of nitrogens with one attached hydrogen (secondary N) is 1. The molecular weight excluding hydrogens is 638 g/mol. The van der Waals surface area contributed by atoms with Crippen molar-refractivity contribution in [2.24, 2.45) is 0 Å². The van der Waals surface area contributed by atoms with E-state index in [4.69, 9.17) is 19.3 Å². The Kier molecular flexibility index (Phi) is 8.81. The molecule has 1 aliphatic rings. The van der Waals surface area contributed by atoms with Crippen molar-refractivity contribution in [3.63, 3.8) is 0 Å². The first-order valence-electron chi connectivity index (χ1n) is 15.9. The minimum atomic E-state index is -1.50. The number of hydrogen-bond donors (Lipinski definition) is 3. The van der Waals surface area contributed by atoms with Gasteiger partial charge in [-0.05, 0) is 28.8 Å². The van der Waals surface area contributed by atoms with Gasteiger partial charge in [0.25, 0.3) is 0 Å². The molecule has 0 unspecified atom stereocenters. The second-order valence-corrected chi connectivity index (χ2v) is 11.8. The normalized spacial score (nSPS) is 18.9. The zero-order valence-corrected chi connectivity index (χ0v) is 26.9. The quantitative estimate of drug-likeness (QED) is 0.0946. The Labute approximate surface area is 286 Å². The van der Waals surface area contributed by atoms with Crippen molar-refractivity contribution in [3.05, 3.63) is 156 Å². The fraction of sp³-hybridized carbons (Fsp3) is 0.184. The van der Waals surface area contributed by atoms with Crippen molar-refractivity contribution in [1.82, 2.24) is 19.5 Å². The Balaban J connectivity index is 1.45. The van der Waals surface area contributed by atoms with Crippen LogP contribution in [0.15, 0.2) is 128 Å². The minimum absolute atomic E-state index is 0.00210. The van der Waals surface area contributed by atoms with Gasteiger partial charge in [-0.3, -0.25) is 9.40 Å². The summed E-state index contributed by atoms with van der Waals surface area (Å²) >= 11 is 0. The van der Waals surface area contributed by atoms with E-state index in [1.54, 1.807) is 12.4 Å². The van der Waals surface area contributed by atoms with Crippen molar-refractivity contribution < 1.29 is 34.1 Å². The van der Waals surface area contributed by atoms with Gasteiger partial charge in [0.05, 0.1) is 36.1 Å². The molecule has 3 N–H and O–H groups in total. The zero-order chi connectivity index (χ0) is 34.7. The van der Waals surface area contributed by atoms with Gasteiger partial charge < -0.3 is 19.7 Å². The number of aliphatic hydroxyl groups excluding tert-OH is 1. The van der Waals surface area contributed by atoms with Crippen molar-refractivity contribution in [3.8, 4) is 0 Å². The molecule has 0 aliphatic carbocycles. The number of carboxylic acids is 1. The number of nitrogens with zero attached hydrogens (tertiary/aromatic N) is 4. The van der Waals surface area contributed by atoms with Crippen LogP contribution in [0.5, 0.6) is 0 Å². The number of hydrogen-bond acceptors (Lipinski definition) is 10. The summed E-state index contributed by atoms with van der Waals surface area (Å²) in [5, 5.41) is 21.6. The van der Waals surface area contributed by atoms with Crippen LogP contribution in [0.1, 0.15) is 43.8 Å². The number of benzene rings is 4. The Morgan fingerprint density at radius 1 is 0.860 bits per heavy atom. The fourth-order valence-electron chi connectivity index (χ4n) is 7.11. The lowest BCUT2D eigenvalue weighted by Crippen LogP contribution is -2.55. The summed E-state index contributed by atoms with van der Waals surface area (Å²) in [6, 6.07) is 35.4. The molecule has 0 amide bonds. The molecule has 0 radical (unpaired) electrons. The standard InChI is InChI=1S/C38H33N5O7/c1-48-42-33-32-34(40-23-39-33)43(24-41-32)37(21-30(44)31(50-37)22-49-36(47)29-20-12-11-19-28(29)35(45)46)38(25-13-5-2-6-14-25,26-15-7-3-8-16-26)27-17-9-4-10-18-27/h2-20,23-24,30-31,44H,21-22H2,1H3,(H,45,46)(H,39,40,42)/t30-,31+,37-/m0/s1. The third-order valence-electron chi connectivity index (χ3n) is 9.15. The zero-order valence-electron chi connectivity index (χ0n) is 26.9. The summed E-state index contributed by atoms with van der Waals surface area (Å²) in [4.78, 5) is 44.0. The maximum absolute atomic E-state index is 13.3. The number of esters is 1. The SMILES string of the molecule is CONc1ncnc2c1ncn2[C@@]1(C(c2ccccc2)(c2ccccc2)c2ccccc2)C[C@H](O)[C@@H](COC(=O)c2ccccc2C(=O)O)O1. The molecule has 0 saturated carbocycles. The van der Waals surface area contributed by atoms with E-state index in [9.17, 15) is 19.8 Å². The number of carboxylic acid groups (broad SMARTS) is 1. The summed E-state index contributed by atoms with van der Waals surface area (Å²) in [5.74, 6) is -1.78. The maximum atomic E-state index is 13.3. The number of aromatic carboxylic acids is 1. The van der Waals surface area contributed by atoms with E-state index in [-0.39, 0.29) is 24.2 Å². The number of aliphatic hydroxyl groups is 1. The van der Waals surface area contributed by atoms with Gasteiger partial charge in [0.1, 0.15) is 19.0 Å². The van der Waals surface area contributed by atoms with E-state index in [0.717, 1.165) is 16.7 Å². The van der Waals surface area contributed by atoms with E-state index >= 15 is 0 Å². The van der Waals surface area contributed by atoms with Crippen molar-refractivity contribution >= 4 is 28.9 Å². The first-order valence-corrected chi connectivity index (χ1v) is 15.9. The van der Waals surface area contributed by atoms with Gasteiger partial charge in [0.2, 0.25) is 0 Å². The van der Waals surface area contributed by atoms with E-state index < -0.39 is 35.3 Å². The number of ether oxygens (including phenoxy) is 2. The van der Waals surface area contributed by atoms with Crippen LogP contribution in [0.4, 0.5) is 5.82 Å². The topological polar surface area (TPSA) is 158 Å². The minimum Gasteiger partial charge on any atom is -0.478 e. The summed E-state index contributed by atoms with van der Waals surface area (Å²) < 4.78 is 14.7. The molecule has 3 heterocycles. The number of aromatic nitrogens is 4. The lowest BCUT2D eigenvalue weighted by Gasteiger charge is -2.50. The highest BCUT2D eigenvalue weighted by molar-refractivity contribution is 6.02. The molecule has 1 fully saturated rings. The number of carbonyl (C=O) groups is 2. The third kappa shape index (κ3) is 5.35. The van der Waals surface area contributed by atoms with Crippen molar-refractivity contribution in [2.75, 3.05) is 19.2 Å². The molecule has 6 aromatic rings. The molecule has 1 aliphatic heterocycles. The lowest BCUT2D eigenvalue weighted by atomic mass is 9.61. The molecule has 4 aromatic carbocycles. The van der Waals surface area contributed by atoms with Crippen molar-refractivity contribution in [1.29, 1.82) is 0 Å².